The fourth-order valence-corrected chi connectivity index (χ4v) is 1.62. The number of benzene rings is 1. The minimum absolute atomic E-state index is 0.433. The molecule has 0 spiro atoms. The van der Waals surface area contributed by atoms with Gasteiger partial charge in [-0.1, -0.05) is 17.7 Å². The van der Waals surface area contributed by atoms with Crippen LogP contribution >= 0.6 is 11.6 Å². The number of aromatic nitrogens is 1. The highest BCUT2D eigenvalue weighted by atomic mass is 35.5. The fourth-order valence-electron chi connectivity index (χ4n) is 1.40. The SMILES string of the molecule is Cc1ccc(Cl)c2ccc(C=O)nc12. The quantitative estimate of drug-likeness (QED) is 0.670. The van der Waals surface area contributed by atoms with Gasteiger partial charge in [0.25, 0.3) is 0 Å². The number of pyridine rings is 1. The number of hydrogen-bond acceptors (Lipinski definition) is 2. The summed E-state index contributed by atoms with van der Waals surface area (Å²) in [5, 5.41) is 1.55. The lowest BCUT2D eigenvalue weighted by Gasteiger charge is -2.03. The zero-order valence-electron chi connectivity index (χ0n) is 7.62. The van der Waals surface area contributed by atoms with Crippen molar-refractivity contribution in [3.05, 3.63) is 40.5 Å². The number of aryl methyl sites for hydroxylation is 1. The third kappa shape index (κ3) is 1.38. The van der Waals surface area contributed by atoms with E-state index >= 15 is 0 Å². The first-order valence-corrected chi connectivity index (χ1v) is 4.61. The van der Waals surface area contributed by atoms with Gasteiger partial charge in [-0.2, -0.15) is 0 Å². The molecule has 1 heterocycles. The van der Waals surface area contributed by atoms with Crippen LogP contribution in [0.4, 0.5) is 0 Å². The minimum Gasteiger partial charge on any atom is -0.296 e. The molecule has 0 saturated carbocycles. The Balaban J connectivity index is 2.86. The van der Waals surface area contributed by atoms with Crippen LogP contribution in [0.5, 0.6) is 0 Å². The molecule has 1 aromatic heterocycles. The number of carbonyl (C=O) groups excluding carboxylic acids is 1. The molecule has 0 saturated heterocycles. The van der Waals surface area contributed by atoms with E-state index in [9.17, 15) is 4.79 Å². The molecular formula is C11H8ClNO. The van der Waals surface area contributed by atoms with Crippen molar-refractivity contribution in [2.75, 3.05) is 0 Å². The summed E-state index contributed by atoms with van der Waals surface area (Å²) in [5.41, 5.74) is 2.25. The summed E-state index contributed by atoms with van der Waals surface area (Å²) in [5.74, 6) is 0. The van der Waals surface area contributed by atoms with E-state index in [2.05, 4.69) is 4.98 Å². The van der Waals surface area contributed by atoms with Gasteiger partial charge in [-0.3, -0.25) is 4.79 Å². The van der Waals surface area contributed by atoms with Crippen molar-refractivity contribution in [3.8, 4) is 0 Å². The van der Waals surface area contributed by atoms with Crippen molar-refractivity contribution < 1.29 is 4.79 Å². The van der Waals surface area contributed by atoms with Crippen LogP contribution in [0.15, 0.2) is 24.3 Å². The van der Waals surface area contributed by atoms with Crippen LogP contribution in [0.3, 0.4) is 0 Å². The third-order valence-corrected chi connectivity index (χ3v) is 2.48. The fraction of sp³-hybridized carbons (Fsp3) is 0.0909. The van der Waals surface area contributed by atoms with Crippen LogP contribution in [0, 0.1) is 6.92 Å². The number of rotatable bonds is 1. The van der Waals surface area contributed by atoms with E-state index in [1.165, 1.54) is 0 Å². The van der Waals surface area contributed by atoms with Gasteiger partial charge >= 0.3 is 0 Å². The van der Waals surface area contributed by atoms with Gasteiger partial charge in [0.1, 0.15) is 5.69 Å². The molecule has 3 heteroatoms. The van der Waals surface area contributed by atoms with Crippen molar-refractivity contribution in [3.63, 3.8) is 0 Å². The van der Waals surface area contributed by atoms with Gasteiger partial charge in [-0.15, -0.1) is 0 Å². The monoisotopic (exact) mass is 205 g/mol. The van der Waals surface area contributed by atoms with Gasteiger partial charge < -0.3 is 0 Å². The number of halogens is 1. The summed E-state index contributed by atoms with van der Waals surface area (Å²) < 4.78 is 0. The zero-order chi connectivity index (χ0) is 10.1. The molecule has 0 aliphatic carbocycles. The standard InChI is InChI=1S/C11H8ClNO/c1-7-2-5-10(12)9-4-3-8(6-14)13-11(7)9/h2-6H,1H3. The highest BCUT2D eigenvalue weighted by Crippen LogP contribution is 2.24. The molecule has 0 unspecified atom stereocenters. The Bertz CT molecular complexity index is 508. The number of nitrogens with zero attached hydrogens (tertiary/aromatic N) is 1. The largest absolute Gasteiger partial charge is 0.296 e. The summed E-state index contributed by atoms with van der Waals surface area (Å²) >= 11 is 6.00. The lowest BCUT2D eigenvalue weighted by atomic mass is 10.1. The predicted molar refractivity (Wildman–Crippen MR) is 56.9 cm³/mol. The van der Waals surface area contributed by atoms with E-state index in [0.29, 0.717) is 10.7 Å². The van der Waals surface area contributed by atoms with E-state index in [4.69, 9.17) is 11.6 Å². The van der Waals surface area contributed by atoms with Crippen molar-refractivity contribution in [2.24, 2.45) is 0 Å². The minimum atomic E-state index is 0.433. The molecule has 70 valence electrons. The van der Waals surface area contributed by atoms with Crippen molar-refractivity contribution in [1.82, 2.24) is 4.98 Å². The second-order valence-electron chi connectivity index (χ2n) is 3.11. The normalized spacial score (nSPS) is 10.4. The molecule has 1 aromatic carbocycles. The van der Waals surface area contributed by atoms with Crippen LogP contribution in [0.25, 0.3) is 10.9 Å². The van der Waals surface area contributed by atoms with Crippen LogP contribution in [0.1, 0.15) is 16.1 Å². The highest BCUT2D eigenvalue weighted by Gasteiger charge is 2.03. The van der Waals surface area contributed by atoms with E-state index in [0.717, 1.165) is 22.8 Å². The zero-order valence-corrected chi connectivity index (χ0v) is 8.38. The maximum Gasteiger partial charge on any atom is 0.168 e. The van der Waals surface area contributed by atoms with Crippen molar-refractivity contribution >= 4 is 28.8 Å². The molecule has 2 nitrogen and oxygen atoms in total. The Kier molecular flexibility index (Phi) is 2.22. The second kappa shape index (κ2) is 3.39. The first-order chi connectivity index (χ1) is 6.72. The molecule has 0 amide bonds. The number of fused-ring (bicyclic) bond motifs is 1. The molecule has 0 N–H and O–H groups in total. The molecule has 0 aliphatic heterocycles. The third-order valence-electron chi connectivity index (χ3n) is 2.15. The van der Waals surface area contributed by atoms with Crippen molar-refractivity contribution in [1.29, 1.82) is 0 Å². The molecule has 0 bridgehead atoms. The Labute approximate surface area is 86.5 Å². The van der Waals surface area contributed by atoms with Gasteiger partial charge in [0.15, 0.2) is 6.29 Å². The first kappa shape index (κ1) is 9.16. The molecule has 0 atom stereocenters. The van der Waals surface area contributed by atoms with Crippen molar-refractivity contribution in [2.45, 2.75) is 6.92 Å². The van der Waals surface area contributed by atoms with Crippen LogP contribution in [0.2, 0.25) is 5.02 Å². The molecule has 0 radical (unpaired) electrons. The summed E-state index contributed by atoms with van der Waals surface area (Å²) in [6.45, 7) is 1.94. The van der Waals surface area contributed by atoms with Crippen LogP contribution < -0.4 is 0 Å². The Hall–Kier alpha value is -1.41. The Morgan fingerprint density at radius 1 is 1.29 bits per heavy atom. The topological polar surface area (TPSA) is 30.0 Å². The summed E-state index contributed by atoms with van der Waals surface area (Å²) in [7, 11) is 0. The van der Waals surface area contributed by atoms with Gasteiger partial charge in [-0.05, 0) is 30.7 Å². The Morgan fingerprint density at radius 3 is 2.79 bits per heavy atom. The smallest absolute Gasteiger partial charge is 0.168 e. The average molecular weight is 206 g/mol. The number of carbonyl (C=O) groups is 1. The molecule has 0 fully saturated rings. The van der Waals surface area contributed by atoms with Gasteiger partial charge in [0.05, 0.1) is 5.52 Å². The molecule has 2 aromatic rings. The molecular weight excluding hydrogens is 198 g/mol. The lowest BCUT2D eigenvalue weighted by molar-refractivity contribution is 0.111. The van der Waals surface area contributed by atoms with Crippen LogP contribution in [-0.4, -0.2) is 11.3 Å². The molecule has 2 rings (SSSR count). The molecule has 14 heavy (non-hydrogen) atoms. The van der Waals surface area contributed by atoms with Gasteiger partial charge in [0, 0.05) is 10.4 Å². The maximum atomic E-state index is 10.6. The Morgan fingerprint density at radius 2 is 2.07 bits per heavy atom. The first-order valence-electron chi connectivity index (χ1n) is 4.23. The number of hydrogen-bond donors (Lipinski definition) is 0. The van der Waals surface area contributed by atoms with Gasteiger partial charge in [-0.25, -0.2) is 4.98 Å². The summed E-state index contributed by atoms with van der Waals surface area (Å²) in [6, 6.07) is 7.22. The van der Waals surface area contributed by atoms with E-state index in [1.54, 1.807) is 6.07 Å². The summed E-state index contributed by atoms with van der Waals surface area (Å²) in [4.78, 5) is 14.8. The summed E-state index contributed by atoms with van der Waals surface area (Å²) in [6.07, 6.45) is 0.736. The van der Waals surface area contributed by atoms with E-state index in [-0.39, 0.29) is 0 Å². The van der Waals surface area contributed by atoms with Gasteiger partial charge in [0.2, 0.25) is 0 Å². The van der Waals surface area contributed by atoms with E-state index in [1.807, 2.05) is 25.1 Å². The predicted octanol–water partition coefficient (Wildman–Crippen LogP) is 3.01. The average Bonchev–Trinajstić information content (AvgIpc) is 2.23. The lowest BCUT2D eigenvalue weighted by Crippen LogP contribution is -1.90. The highest BCUT2D eigenvalue weighted by molar-refractivity contribution is 6.35. The second-order valence-corrected chi connectivity index (χ2v) is 3.52. The molecule has 0 aliphatic rings. The van der Waals surface area contributed by atoms with E-state index < -0.39 is 0 Å². The number of aldehydes is 1. The van der Waals surface area contributed by atoms with Crippen LogP contribution in [-0.2, 0) is 0 Å². The maximum absolute atomic E-state index is 10.6.